The van der Waals surface area contributed by atoms with Crippen molar-refractivity contribution in [1.29, 1.82) is 0 Å². The molecule has 0 fully saturated rings. The number of ether oxygens (including phenoxy) is 1. The lowest BCUT2D eigenvalue weighted by molar-refractivity contribution is -0.133. The van der Waals surface area contributed by atoms with E-state index >= 15 is 0 Å². The maximum Gasteiger partial charge on any atom is 0.335 e. The van der Waals surface area contributed by atoms with E-state index in [0.29, 0.717) is 5.69 Å². The summed E-state index contributed by atoms with van der Waals surface area (Å²) in [7, 11) is 1.42. The van der Waals surface area contributed by atoms with Gasteiger partial charge in [0.25, 0.3) is 5.91 Å². The summed E-state index contributed by atoms with van der Waals surface area (Å²) in [5.41, 5.74) is -0.686. The number of carbonyl (C=O) groups is 2. The van der Waals surface area contributed by atoms with Gasteiger partial charge in [0, 0.05) is 17.8 Å². The molecule has 5 nitrogen and oxygen atoms in total. The van der Waals surface area contributed by atoms with E-state index in [-0.39, 0.29) is 16.5 Å². The van der Waals surface area contributed by atoms with Gasteiger partial charge in [-0.15, -0.1) is 0 Å². The summed E-state index contributed by atoms with van der Waals surface area (Å²) in [6.45, 7) is 3.20. The molecule has 0 spiro atoms. The quantitative estimate of drug-likeness (QED) is 0.882. The minimum absolute atomic E-state index is 0.00743. The third kappa shape index (κ3) is 3.45. The lowest BCUT2D eigenvalue weighted by Gasteiger charge is -2.21. The molecule has 0 unspecified atom stereocenters. The average Bonchev–Trinajstić information content (AvgIpc) is 2.28. The van der Waals surface area contributed by atoms with E-state index in [4.69, 9.17) is 21.4 Å². The Kier molecular flexibility index (Phi) is 4.32. The monoisotopic (exact) mass is 271 g/mol. The molecule has 0 aliphatic carbocycles. The first-order valence-corrected chi connectivity index (χ1v) is 5.54. The Morgan fingerprint density at radius 1 is 1.33 bits per heavy atom. The lowest BCUT2D eigenvalue weighted by atomic mass is 10.1. The van der Waals surface area contributed by atoms with E-state index in [1.54, 1.807) is 13.8 Å². The van der Waals surface area contributed by atoms with Gasteiger partial charge >= 0.3 is 5.97 Å². The van der Waals surface area contributed by atoms with Crippen LogP contribution in [0.5, 0.6) is 0 Å². The van der Waals surface area contributed by atoms with Gasteiger partial charge in [-0.1, -0.05) is 11.6 Å². The van der Waals surface area contributed by atoms with Crippen LogP contribution in [0.1, 0.15) is 24.2 Å². The van der Waals surface area contributed by atoms with Crippen LogP contribution in [-0.2, 0) is 9.53 Å². The zero-order valence-electron chi connectivity index (χ0n) is 10.3. The standard InChI is InChI=1S/C12H14ClNO4/c1-12(2,18-3)11(17)14-9-5-7(10(15)16)4-8(13)6-9/h4-6H,1-3H3,(H,14,17)(H,15,16). The molecule has 1 aromatic carbocycles. The number of benzene rings is 1. The van der Waals surface area contributed by atoms with E-state index in [0.717, 1.165) is 0 Å². The van der Waals surface area contributed by atoms with Crippen LogP contribution >= 0.6 is 11.6 Å². The minimum Gasteiger partial charge on any atom is -0.478 e. The van der Waals surface area contributed by atoms with Gasteiger partial charge in [0.2, 0.25) is 0 Å². The van der Waals surface area contributed by atoms with Gasteiger partial charge in [-0.3, -0.25) is 4.79 Å². The van der Waals surface area contributed by atoms with Gasteiger partial charge in [0.05, 0.1) is 5.56 Å². The first kappa shape index (κ1) is 14.5. The highest BCUT2D eigenvalue weighted by atomic mass is 35.5. The van der Waals surface area contributed by atoms with Crippen LogP contribution in [0.15, 0.2) is 18.2 Å². The van der Waals surface area contributed by atoms with Crippen LogP contribution in [0.3, 0.4) is 0 Å². The number of carboxylic acid groups (broad SMARTS) is 1. The molecule has 0 aliphatic rings. The van der Waals surface area contributed by atoms with Gasteiger partial charge < -0.3 is 15.2 Å². The Hall–Kier alpha value is -1.59. The molecule has 0 saturated heterocycles. The number of halogens is 1. The number of carboxylic acids is 1. The fourth-order valence-electron chi connectivity index (χ4n) is 1.16. The Labute approximate surface area is 110 Å². The van der Waals surface area contributed by atoms with Crippen LogP contribution in [-0.4, -0.2) is 29.7 Å². The second-order valence-electron chi connectivity index (χ2n) is 4.20. The minimum atomic E-state index is -1.11. The maximum absolute atomic E-state index is 11.8. The zero-order chi connectivity index (χ0) is 13.9. The second-order valence-corrected chi connectivity index (χ2v) is 4.64. The van der Waals surface area contributed by atoms with E-state index in [9.17, 15) is 9.59 Å². The molecule has 0 aromatic heterocycles. The largest absolute Gasteiger partial charge is 0.478 e. The number of amides is 1. The van der Waals surface area contributed by atoms with E-state index in [1.165, 1.54) is 25.3 Å². The van der Waals surface area contributed by atoms with Crippen LogP contribution in [0.4, 0.5) is 5.69 Å². The molecule has 0 radical (unpaired) electrons. The smallest absolute Gasteiger partial charge is 0.335 e. The number of nitrogens with one attached hydrogen (secondary N) is 1. The van der Waals surface area contributed by atoms with Crippen molar-refractivity contribution in [1.82, 2.24) is 0 Å². The third-order valence-corrected chi connectivity index (χ3v) is 2.68. The molecule has 98 valence electrons. The van der Waals surface area contributed by atoms with Crippen molar-refractivity contribution < 1.29 is 19.4 Å². The van der Waals surface area contributed by atoms with E-state index < -0.39 is 11.6 Å². The van der Waals surface area contributed by atoms with Crippen molar-refractivity contribution in [3.8, 4) is 0 Å². The summed E-state index contributed by atoms with van der Waals surface area (Å²) in [4.78, 5) is 22.7. The predicted octanol–water partition coefficient (Wildman–Crippen LogP) is 2.40. The van der Waals surface area contributed by atoms with Crippen LogP contribution in [0, 0.1) is 0 Å². The zero-order valence-corrected chi connectivity index (χ0v) is 11.0. The lowest BCUT2D eigenvalue weighted by Crippen LogP contribution is -2.38. The fourth-order valence-corrected chi connectivity index (χ4v) is 1.39. The molecule has 0 aliphatic heterocycles. The van der Waals surface area contributed by atoms with Gasteiger partial charge in [-0.2, -0.15) is 0 Å². The summed E-state index contributed by atoms with van der Waals surface area (Å²) in [6, 6.07) is 4.11. The van der Waals surface area contributed by atoms with Gasteiger partial charge in [0.1, 0.15) is 5.60 Å². The Balaban J connectivity index is 2.98. The first-order chi connectivity index (χ1) is 8.26. The molecule has 1 amide bonds. The van der Waals surface area contributed by atoms with Crippen LogP contribution in [0.25, 0.3) is 0 Å². The van der Waals surface area contributed by atoms with Gasteiger partial charge in [-0.05, 0) is 32.0 Å². The Morgan fingerprint density at radius 2 is 1.94 bits per heavy atom. The van der Waals surface area contributed by atoms with E-state index in [2.05, 4.69) is 5.32 Å². The van der Waals surface area contributed by atoms with Crippen LogP contribution in [0.2, 0.25) is 5.02 Å². The highest BCUT2D eigenvalue weighted by Gasteiger charge is 2.27. The first-order valence-electron chi connectivity index (χ1n) is 5.17. The Morgan fingerprint density at radius 3 is 2.44 bits per heavy atom. The molecule has 0 atom stereocenters. The molecule has 2 N–H and O–H groups in total. The SMILES string of the molecule is COC(C)(C)C(=O)Nc1cc(Cl)cc(C(=O)O)c1. The normalized spacial score (nSPS) is 11.1. The molecule has 0 bridgehead atoms. The third-order valence-electron chi connectivity index (χ3n) is 2.46. The summed E-state index contributed by atoms with van der Waals surface area (Å²) < 4.78 is 5.02. The number of carbonyl (C=O) groups excluding carboxylic acids is 1. The fraction of sp³-hybridized carbons (Fsp3) is 0.333. The molecule has 1 aromatic rings. The summed E-state index contributed by atoms with van der Waals surface area (Å²) in [5, 5.41) is 11.7. The number of methoxy groups -OCH3 is 1. The molecule has 0 heterocycles. The molecule has 18 heavy (non-hydrogen) atoms. The summed E-state index contributed by atoms with van der Waals surface area (Å²) in [5.74, 6) is -1.50. The topological polar surface area (TPSA) is 75.6 Å². The van der Waals surface area contributed by atoms with Crippen molar-refractivity contribution >= 4 is 29.2 Å². The highest BCUT2D eigenvalue weighted by Crippen LogP contribution is 2.21. The Bertz CT molecular complexity index is 485. The number of anilines is 1. The average molecular weight is 272 g/mol. The molecular weight excluding hydrogens is 258 g/mol. The number of aromatic carboxylic acids is 1. The number of hydrogen-bond acceptors (Lipinski definition) is 3. The van der Waals surface area contributed by atoms with E-state index in [1.807, 2.05) is 0 Å². The number of hydrogen-bond donors (Lipinski definition) is 2. The molecular formula is C12H14ClNO4. The van der Waals surface area contributed by atoms with Crippen molar-refractivity contribution in [3.63, 3.8) is 0 Å². The van der Waals surface area contributed by atoms with Crippen molar-refractivity contribution in [2.24, 2.45) is 0 Å². The van der Waals surface area contributed by atoms with Gasteiger partial charge in [0.15, 0.2) is 0 Å². The van der Waals surface area contributed by atoms with Crippen molar-refractivity contribution in [3.05, 3.63) is 28.8 Å². The molecule has 0 saturated carbocycles. The maximum atomic E-state index is 11.8. The van der Waals surface area contributed by atoms with Crippen molar-refractivity contribution in [2.75, 3.05) is 12.4 Å². The van der Waals surface area contributed by atoms with Crippen molar-refractivity contribution in [2.45, 2.75) is 19.4 Å². The highest BCUT2D eigenvalue weighted by molar-refractivity contribution is 6.31. The predicted molar refractivity (Wildman–Crippen MR) is 68.1 cm³/mol. The summed E-state index contributed by atoms with van der Waals surface area (Å²) >= 11 is 5.78. The molecule has 1 rings (SSSR count). The molecule has 6 heteroatoms. The summed E-state index contributed by atoms with van der Waals surface area (Å²) in [6.07, 6.45) is 0. The number of rotatable bonds is 4. The second kappa shape index (κ2) is 5.37. The van der Waals surface area contributed by atoms with Gasteiger partial charge in [-0.25, -0.2) is 4.79 Å². The van der Waals surface area contributed by atoms with Crippen LogP contribution < -0.4 is 5.32 Å².